The van der Waals surface area contributed by atoms with E-state index >= 15 is 0 Å². The van der Waals surface area contributed by atoms with Crippen LogP contribution in [0.25, 0.3) is 11.0 Å². The maximum absolute atomic E-state index is 12.1. The first-order chi connectivity index (χ1) is 12.0. The molecule has 0 aliphatic heterocycles. The number of anilines is 1. The van der Waals surface area contributed by atoms with Gasteiger partial charge in [-0.15, -0.1) is 0 Å². The lowest BCUT2D eigenvalue weighted by molar-refractivity contribution is 0.0951. The molecule has 1 amide bonds. The van der Waals surface area contributed by atoms with E-state index in [-0.39, 0.29) is 24.6 Å². The van der Waals surface area contributed by atoms with E-state index in [9.17, 15) is 9.59 Å². The van der Waals surface area contributed by atoms with Crippen LogP contribution < -0.4 is 27.3 Å². The fourth-order valence-corrected chi connectivity index (χ4v) is 2.49. The molecule has 2 rings (SSSR count). The minimum absolute atomic E-state index is 0.0483. The van der Waals surface area contributed by atoms with Crippen LogP contribution in [0.4, 0.5) is 5.69 Å². The van der Waals surface area contributed by atoms with Gasteiger partial charge in [0.05, 0.1) is 6.54 Å². The highest BCUT2D eigenvalue weighted by Crippen LogP contribution is 2.21. The zero-order valence-electron chi connectivity index (χ0n) is 14.4. The Morgan fingerprint density at radius 1 is 1.24 bits per heavy atom. The fraction of sp³-hybridized carbons (Fsp3) is 0.353. The Hall–Kier alpha value is -3.03. The monoisotopic (exact) mass is 345 g/mol. The summed E-state index contributed by atoms with van der Waals surface area (Å²) >= 11 is 0. The molecule has 0 saturated carbocycles. The first-order valence-electron chi connectivity index (χ1n) is 8.12. The largest absolute Gasteiger partial charge is 0.422 e. The van der Waals surface area contributed by atoms with E-state index in [0.29, 0.717) is 11.0 Å². The average molecular weight is 345 g/mol. The maximum Gasteiger partial charge on any atom is 0.349 e. The highest BCUT2D eigenvalue weighted by atomic mass is 16.4. The number of nitrogens with zero attached hydrogens (tertiary/aromatic N) is 2. The summed E-state index contributed by atoms with van der Waals surface area (Å²) in [6, 6.07) is 7.12. The van der Waals surface area contributed by atoms with Crippen molar-refractivity contribution in [3.8, 4) is 0 Å². The second-order valence-corrected chi connectivity index (χ2v) is 5.40. The van der Waals surface area contributed by atoms with E-state index in [0.717, 1.165) is 18.8 Å². The molecule has 2 aromatic rings. The van der Waals surface area contributed by atoms with Crippen LogP contribution in [0.1, 0.15) is 24.2 Å². The third-order valence-electron chi connectivity index (χ3n) is 3.78. The summed E-state index contributed by atoms with van der Waals surface area (Å²) in [7, 11) is 0. The Balaban J connectivity index is 2.24. The number of amides is 1. The number of hydrogen-bond acceptors (Lipinski definition) is 5. The summed E-state index contributed by atoms with van der Waals surface area (Å²) in [5, 5.41) is 3.27. The number of aliphatic imine (C=N–C) groups is 1. The van der Waals surface area contributed by atoms with Crippen LogP contribution in [-0.2, 0) is 0 Å². The molecule has 0 aliphatic carbocycles. The number of hydrogen-bond donors (Lipinski definition) is 3. The molecule has 8 heteroatoms. The van der Waals surface area contributed by atoms with E-state index in [1.54, 1.807) is 0 Å². The van der Waals surface area contributed by atoms with Gasteiger partial charge >= 0.3 is 5.63 Å². The fourth-order valence-electron chi connectivity index (χ4n) is 2.49. The summed E-state index contributed by atoms with van der Waals surface area (Å²) in [5.41, 5.74) is 11.1. The molecule has 0 atom stereocenters. The van der Waals surface area contributed by atoms with Crippen LogP contribution in [0, 0.1) is 0 Å². The summed E-state index contributed by atoms with van der Waals surface area (Å²) in [5.74, 6) is -0.572. The Morgan fingerprint density at radius 3 is 2.60 bits per heavy atom. The molecule has 0 saturated heterocycles. The molecule has 8 nitrogen and oxygen atoms in total. The number of fused-ring (bicyclic) bond motifs is 1. The predicted octanol–water partition coefficient (Wildman–Crippen LogP) is 0.642. The summed E-state index contributed by atoms with van der Waals surface area (Å²) < 4.78 is 5.33. The highest BCUT2D eigenvalue weighted by molar-refractivity contribution is 5.97. The molecular formula is C17H23N5O3. The molecule has 0 fully saturated rings. The SMILES string of the molecule is CCN(CC)c1ccc2cc(C(=O)NCCN=C(N)N)c(=O)oc2c1. The Bertz CT molecular complexity index is 836. The number of carbonyl (C=O) groups is 1. The summed E-state index contributed by atoms with van der Waals surface area (Å²) in [4.78, 5) is 30.2. The number of nitrogens with two attached hydrogens (primary N) is 2. The summed E-state index contributed by atoms with van der Waals surface area (Å²) in [6.07, 6.45) is 0. The number of nitrogens with one attached hydrogen (secondary N) is 1. The van der Waals surface area contributed by atoms with Crippen molar-refractivity contribution in [2.75, 3.05) is 31.1 Å². The van der Waals surface area contributed by atoms with Crippen LogP contribution >= 0.6 is 0 Å². The molecule has 1 aromatic carbocycles. The van der Waals surface area contributed by atoms with Crippen molar-refractivity contribution < 1.29 is 9.21 Å². The molecule has 0 radical (unpaired) electrons. The van der Waals surface area contributed by atoms with E-state index in [1.807, 2.05) is 18.2 Å². The lowest BCUT2D eigenvalue weighted by atomic mass is 10.1. The van der Waals surface area contributed by atoms with Gasteiger partial charge in [-0.3, -0.25) is 9.79 Å². The highest BCUT2D eigenvalue weighted by Gasteiger charge is 2.14. The Morgan fingerprint density at radius 2 is 1.96 bits per heavy atom. The van der Waals surface area contributed by atoms with Crippen molar-refractivity contribution in [3.63, 3.8) is 0 Å². The molecule has 0 aliphatic rings. The lowest BCUT2D eigenvalue weighted by Gasteiger charge is -2.20. The first-order valence-corrected chi connectivity index (χ1v) is 8.12. The van der Waals surface area contributed by atoms with Crippen molar-refractivity contribution in [3.05, 3.63) is 40.2 Å². The van der Waals surface area contributed by atoms with Gasteiger partial charge in [0, 0.05) is 36.8 Å². The average Bonchev–Trinajstić information content (AvgIpc) is 2.58. The molecule has 134 valence electrons. The van der Waals surface area contributed by atoms with Crippen LogP contribution in [0.5, 0.6) is 0 Å². The minimum Gasteiger partial charge on any atom is -0.422 e. The van der Waals surface area contributed by atoms with Gasteiger partial charge in [-0.2, -0.15) is 0 Å². The standard InChI is InChI=1S/C17H23N5O3/c1-3-22(4-2)12-6-5-11-9-13(16(24)25-14(11)10-12)15(23)20-7-8-21-17(18)19/h5-6,9-10H,3-4,7-8H2,1-2H3,(H,20,23)(H4,18,19,21). The van der Waals surface area contributed by atoms with Crippen molar-refractivity contribution in [1.29, 1.82) is 0 Å². The van der Waals surface area contributed by atoms with E-state index < -0.39 is 11.5 Å². The number of carbonyl (C=O) groups excluding carboxylic acids is 1. The zero-order chi connectivity index (χ0) is 18.4. The van der Waals surface area contributed by atoms with Crippen molar-refractivity contribution in [2.45, 2.75) is 13.8 Å². The van der Waals surface area contributed by atoms with Gasteiger partial charge in [-0.05, 0) is 32.0 Å². The lowest BCUT2D eigenvalue weighted by Crippen LogP contribution is -2.31. The van der Waals surface area contributed by atoms with Crippen LogP contribution in [0.2, 0.25) is 0 Å². The number of benzene rings is 1. The van der Waals surface area contributed by atoms with Gasteiger partial charge in [0.1, 0.15) is 11.1 Å². The molecule has 0 unspecified atom stereocenters. The van der Waals surface area contributed by atoms with Gasteiger partial charge in [0.15, 0.2) is 5.96 Å². The molecule has 25 heavy (non-hydrogen) atoms. The van der Waals surface area contributed by atoms with E-state index in [1.165, 1.54) is 6.07 Å². The minimum atomic E-state index is -0.677. The smallest absolute Gasteiger partial charge is 0.349 e. The quantitative estimate of drug-likeness (QED) is 0.292. The predicted molar refractivity (Wildman–Crippen MR) is 99.1 cm³/mol. The third kappa shape index (κ3) is 4.50. The van der Waals surface area contributed by atoms with Gasteiger partial charge in [0.25, 0.3) is 5.91 Å². The number of guanidine groups is 1. The Kier molecular flexibility index (Phi) is 5.99. The third-order valence-corrected chi connectivity index (χ3v) is 3.78. The van der Waals surface area contributed by atoms with Gasteiger partial charge in [-0.1, -0.05) is 0 Å². The maximum atomic E-state index is 12.1. The Labute approximate surface area is 145 Å². The van der Waals surface area contributed by atoms with Crippen molar-refractivity contribution in [2.24, 2.45) is 16.5 Å². The van der Waals surface area contributed by atoms with Crippen LogP contribution in [0.3, 0.4) is 0 Å². The molecule has 0 bridgehead atoms. The topological polar surface area (TPSA) is 127 Å². The number of rotatable bonds is 7. The second kappa shape index (κ2) is 8.18. The molecular weight excluding hydrogens is 322 g/mol. The molecule has 0 spiro atoms. The van der Waals surface area contributed by atoms with Gasteiger partial charge in [-0.25, -0.2) is 4.79 Å². The molecule has 1 aromatic heterocycles. The van der Waals surface area contributed by atoms with Crippen LogP contribution in [0.15, 0.2) is 38.5 Å². The van der Waals surface area contributed by atoms with E-state index in [4.69, 9.17) is 15.9 Å². The van der Waals surface area contributed by atoms with Crippen molar-refractivity contribution >= 4 is 28.5 Å². The normalized spacial score (nSPS) is 10.5. The van der Waals surface area contributed by atoms with Crippen molar-refractivity contribution in [1.82, 2.24) is 5.32 Å². The second-order valence-electron chi connectivity index (χ2n) is 5.40. The van der Waals surface area contributed by atoms with Gasteiger partial charge in [0.2, 0.25) is 0 Å². The van der Waals surface area contributed by atoms with E-state index in [2.05, 4.69) is 29.1 Å². The molecule has 1 heterocycles. The van der Waals surface area contributed by atoms with Crippen LogP contribution in [-0.4, -0.2) is 38.0 Å². The summed E-state index contributed by atoms with van der Waals surface area (Å²) in [6.45, 7) is 6.26. The zero-order valence-corrected chi connectivity index (χ0v) is 14.4. The van der Waals surface area contributed by atoms with Gasteiger partial charge < -0.3 is 26.1 Å². The molecule has 5 N–H and O–H groups in total. The first kappa shape index (κ1) is 18.3.